The van der Waals surface area contributed by atoms with Crippen LogP contribution in [0.25, 0.3) is 0 Å². The molecule has 2 heterocycles. The number of halogens is 1. The Morgan fingerprint density at radius 1 is 1.43 bits per heavy atom. The molecule has 122 valence electrons. The fourth-order valence-electron chi connectivity index (χ4n) is 2.92. The second-order valence-electron chi connectivity index (χ2n) is 5.92. The van der Waals surface area contributed by atoms with Crippen LogP contribution in [-0.4, -0.2) is 28.3 Å². The van der Waals surface area contributed by atoms with Gasteiger partial charge in [0.15, 0.2) is 0 Å². The number of aryl methyl sites for hydroxylation is 1. The number of rotatable bonds is 4. The lowest BCUT2D eigenvalue weighted by atomic mass is 10.0. The van der Waals surface area contributed by atoms with Gasteiger partial charge < -0.3 is 10.2 Å². The Balaban J connectivity index is 1.69. The number of carbonyl (C=O) groups excluding carboxylic acids is 1. The third-order valence-corrected chi connectivity index (χ3v) is 4.43. The molecular formula is C17H21FN4O. The fraction of sp³-hybridized carbons (Fsp3) is 0.412. The first-order chi connectivity index (χ1) is 11.1. The molecule has 1 aliphatic heterocycles. The first kappa shape index (κ1) is 15.7. The van der Waals surface area contributed by atoms with Crippen molar-refractivity contribution in [3.05, 3.63) is 47.5 Å². The van der Waals surface area contributed by atoms with Crippen molar-refractivity contribution in [1.29, 1.82) is 0 Å². The van der Waals surface area contributed by atoms with Gasteiger partial charge >= 0.3 is 0 Å². The first-order valence-corrected chi connectivity index (χ1v) is 7.84. The van der Waals surface area contributed by atoms with Crippen LogP contribution in [-0.2, 0) is 18.4 Å². The second kappa shape index (κ2) is 6.50. The van der Waals surface area contributed by atoms with Crippen LogP contribution in [0.15, 0.2) is 30.5 Å². The van der Waals surface area contributed by atoms with Gasteiger partial charge in [-0.1, -0.05) is 6.07 Å². The van der Waals surface area contributed by atoms with E-state index in [2.05, 4.69) is 10.4 Å². The largest absolute Gasteiger partial charge is 0.311 e. The number of carbonyl (C=O) groups is 1. The van der Waals surface area contributed by atoms with Crippen LogP contribution < -0.4 is 10.2 Å². The molecule has 1 saturated heterocycles. The summed E-state index contributed by atoms with van der Waals surface area (Å²) in [5, 5.41) is 7.53. The summed E-state index contributed by atoms with van der Waals surface area (Å²) >= 11 is 0. The van der Waals surface area contributed by atoms with E-state index in [0.717, 1.165) is 24.1 Å². The summed E-state index contributed by atoms with van der Waals surface area (Å²) in [6.45, 7) is 3.24. The molecule has 3 rings (SSSR count). The van der Waals surface area contributed by atoms with E-state index in [1.165, 1.54) is 12.1 Å². The smallest absolute Gasteiger partial charge is 0.244 e. The number of nitrogens with one attached hydrogen (secondary N) is 1. The van der Waals surface area contributed by atoms with Crippen molar-refractivity contribution >= 4 is 11.6 Å². The number of amides is 1. The Morgan fingerprint density at radius 3 is 2.96 bits per heavy atom. The van der Waals surface area contributed by atoms with Gasteiger partial charge in [0.25, 0.3) is 0 Å². The summed E-state index contributed by atoms with van der Waals surface area (Å²) in [6.07, 6.45) is 3.51. The van der Waals surface area contributed by atoms with Crippen molar-refractivity contribution in [2.24, 2.45) is 7.05 Å². The molecule has 1 amide bonds. The van der Waals surface area contributed by atoms with Gasteiger partial charge in [0.1, 0.15) is 5.82 Å². The van der Waals surface area contributed by atoms with E-state index in [1.807, 2.05) is 24.9 Å². The van der Waals surface area contributed by atoms with Crippen LogP contribution in [0.1, 0.15) is 24.1 Å². The third kappa shape index (κ3) is 3.27. The van der Waals surface area contributed by atoms with Gasteiger partial charge in [0.05, 0.1) is 12.2 Å². The quantitative estimate of drug-likeness (QED) is 0.940. The van der Waals surface area contributed by atoms with Crippen LogP contribution in [0, 0.1) is 12.7 Å². The second-order valence-corrected chi connectivity index (χ2v) is 5.92. The molecule has 6 heteroatoms. The molecule has 1 atom stereocenters. The van der Waals surface area contributed by atoms with Crippen molar-refractivity contribution in [1.82, 2.24) is 15.1 Å². The maximum Gasteiger partial charge on any atom is 0.244 e. The molecule has 5 nitrogen and oxygen atoms in total. The van der Waals surface area contributed by atoms with Crippen molar-refractivity contribution in [3.63, 3.8) is 0 Å². The fourth-order valence-corrected chi connectivity index (χ4v) is 2.92. The van der Waals surface area contributed by atoms with E-state index in [-0.39, 0.29) is 17.8 Å². The van der Waals surface area contributed by atoms with E-state index < -0.39 is 0 Å². The standard InChI is InChI=1S/C17H21FN4O/c1-12-13(11-20-21(12)2)10-19-16-7-4-8-22(17(16)23)15-6-3-5-14(18)9-15/h3,5-6,9,11,16,19H,4,7-8,10H2,1-2H3/t16-/m0/s1. The topological polar surface area (TPSA) is 50.2 Å². The van der Waals surface area contributed by atoms with Gasteiger partial charge in [0, 0.05) is 37.1 Å². The lowest BCUT2D eigenvalue weighted by Crippen LogP contribution is -2.50. The van der Waals surface area contributed by atoms with Crippen LogP contribution in [0.4, 0.5) is 10.1 Å². The Kier molecular flexibility index (Phi) is 4.43. The number of anilines is 1. The van der Waals surface area contributed by atoms with E-state index in [9.17, 15) is 9.18 Å². The summed E-state index contributed by atoms with van der Waals surface area (Å²) < 4.78 is 15.2. The summed E-state index contributed by atoms with van der Waals surface area (Å²) in [7, 11) is 1.90. The van der Waals surface area contributed by atoms with Crippen molar-refractivity contribution < 1.29 is 9.18 Å². The maximum atomic E-state index is 13.4. The molecule has 0 saturated carbocycles. The van der Waals surface area contributed by atoms with Gasteiger partial charge in [0.2, 0.25) is 5.91 Å². The average molecular weight is 316 g/mol. The number of hydrogen-bond donors (Lipinski definition) is 1. The molecule has 0 radical (unpaired) electrons. The zero-order valence-corrected chi connectivity index (χ0v) is 13.4. The SMILES string of the molecule is Cc1c(CN[C@H]2CCCN(c3cccc(F)c3)C2=O)cnn1C. The molecule has 2 aromatic rings. The van der Waals surface area contributed by atoms with Crippen LogP contribution in [0.2, 0.25) is 0 Å². The molecule has 1 aliphatic rings. The highest BCUT2D eigenvalue weighted by Gasteiger charge is 2.29. The molecule has 0 unspecified atom stereocenters. The summed E-state index contributed by atoms with van der Waals surface area (Å²) in [5.41, 5.74) is 2.80. The van der Waals surface area contributed by atoms with Gasteiger partial charge in [-0.05, 0) is 38.0 Å². The van der Waals surface area contributed by atoms with E-state index in [0.29, 0.717) is 18.8 Å². The lowest BCUT2D eigenvalue weighted by molar-refractivity contribution is -0.121. The Labute approximate surface area is 135 Å². The minimum absolute atomic E-state index is 0.00314. The summed E-state index contributed by atoms with van der Waals surface area (Å²) in [4.78, 5) is 14.3. The first-order valence-electron chi connectivity index (χ1n) is 7.84. The number of hydrogen-bond acceptors (Lipinski definition) is 3. The summed E-state index contributed by atoms with van der Waals surface area (Å²) in [6, 6.07) is 5.96. The molecular weight excluding hydrogens is 295 g/mol. The number of benzene rings is 1. The molecule has 0 spiro atoms. The molecule has 0 bridgehead atoms. The van der Waals surface area contributed by atoms with Crippen LogP contribution in [0.5, 0.6) is 0 Å². The Hall–Kier alpha value is -2.21. The Bertz CT molecular complexity index is 712. The number of piperidine rings is 1. The molecule has 1 aromatic carbocycles. The van der Waals surface area contributed by atoms with Crippen molar-refractivity contribution in [3.8, 4) is 0 Å². The van der Waals surface area contributed by atoms with Crippen molar-refractivity contribution in [2.75, 3.05) is 11.4 Å². The highest BCUT2D eigenvalue weighted by atomic mass is 19.1. The summed E-state index contributed by atoms with van der Waals surface area (Å²) in [5.74, 6) is -0.320. The number of nitrogens with zero attached hydrogens (tertiary/aromatic N) is 3. The number of aromatic nitrogens is 2. The predicted octanol–water partition coefficient (Wildman–Crippen LogP) is 2.15. The van der Waals surface area contributed by atoms with Gasteiger partial charge in [-0.2, -0.15) is 5.10 Å². The van der Waals surface area contributed by atoms with E-state index in [1.54, 1.807) is 17.0 Å². The maximum absolute atomic E-state index is 13.4. The van der Waals surface area contributed by atoms with Gasteiger partial charge in [-0.3, -0.25) is 9.48 Å². The minimum Gasteiger partial charge on any atom is -0.311 e. The van der Waals surface area contributed by atoms with Crippen LogP contribution >= 0.6 is 0 Å². The van der Waals surface area contributed by atoms with Gasteiger partial charge in [-0.25, -0.2) is 4.39 Å². The van der Waals surface area contributed by atoms with Gasteiger partial charge in [-0.15, -0.1) is 0 Å². The monoisotopic (exact) mass is 316 g/mol. The normalized spacial score (nSPS) is 18.5. The average Bonchev–Trinajstić information content (AvgIpc) is 2.86. The zero-order valence-electron chi connectivity index (χ0n) is 13.4. The predicted molar refractivity (Wildman–Crippen MR) is 86.6 cm³/mol. The molecule has 0 aliphatic carbocycles. The van der Waals surface area contributed by atoms with Crippen molar-refractivity contribution in [2.45, 2.75) is 32.4 Å². The van der Waals surface area contributed by atoms with Crippen LogP contribution in [0.3, 0.4) is 0 Å². The molecule has 23 heavy (non-hydrogen) atoms. The minimum atomic E-state index is -0.323. The zero-order chi connectivity index (χ0) is 16.4. The van der Waals surface area contributed by atoms with E-state index >= 15 is 0 Å². The highest BCUT2D eigenvalue weighted by Crippen LogP contribution is 2.22. The molecule has 1 N–H and O–H groups in total. The molecule has 1 aromatic heterocycles. The highest BCUT2D eigenvalue weighted by molar-refractivity contribution is 5.97. The lowest BCUT2D eigenvalue weighted by Gasteiger charge is -2.32. The van der Waals surface area contributed by atoms with E-state index in [4.69, 9.17) is 0 Å². The molecule has 1 fully saturated rings. The Morgan fingerprint density at radius 2 is 2.26 bits per heavy atom. The third-order valence-electron chi connectivity index (χ3n) is 4.43.